The van der Waals surface area contributed by atoms with Crippen molar-refractivity contribution in [3.8, 4) is 0 Å². The Hall–Kier alpha value is -1.09. The minimum atomic E-state index is -0.412. The van der Waals surface area contributed by atoms with Crippen molar-refractivity contribution < 1.29 is 14.6 Å². The van der Waals surface area contributed by atoms with Crippen molar-refractivity contribution in [3.63, 3.8) is 0 Å². The Morgan fingerprint density at radius 2 is 1.70 bits per heavy atom. The number of hydrogen-bond donors (Lipinski definition) is 1. The highest BCUT2D eigenvalue weighted by molar-refractivity contribution is 5.66. The van der Waals surface area contributed by atoms with Crippen LogP contribution in [-0.4, -0.2) is 23.3 Å². The summed E-state index contributed by atoms with van der Waals surface area (Å²) in [7, 11) is 0. The zero-order valence-electron chi connectivity index (χ0n) is 22.1. The van der Waals surface area contributed by atoms with Crippen molar-refractivity contribution in [1.82, 2.24) is 0 Å². The van der Waals surface area contributed by atoms with Crippen molar-refractivity contribution in [2.45, 2.75) is 106 Å². The molecular formula is C30H48O3. The molecule has 1 N–H and O–H groups in total. The molecular weight excluding hydrogens is 408 g/mol. The summed E-state index contributed by atoms with van der Waals surface area (Å²) in [4.78, 5) is 11.5. The lowest BCUT2D eigenvalue weighted by molar-refractivity contribution is -0.155. The normalized spacial score (nSPS) is 44.6. The van der Waals surface area contributed by atoms with Crippen molar-refractivity contribution in [2.24, 2.45) is 52.3 Å². The van der Waals surface area contributed by atoms with Gasteiger partial charge in [0.1, 0.15) is 6.10 Å². The van der Waals surface area contributed by atoms with Crippen LogP contribution in [0.4, 0.5) is 0 Å². The van der Waals surface area contributed by atoms with Crippen molar-refractivity contribution >= 4 is 5.97 Å². The van der Waals surface area contributed by atoms with E-state index in [1.165, 1.54) is 32.6 Å². The summed E-state index contributed by atoms with van der Waals surface area (Å²) < 4.78 is 5.57. The van der Waals surface area contributed by atoms with Gasteiger partial charge in [0.05, 0.1) is 6.10 Å². The number of fused-ring (bicyclic) bond motifs is 5. The van der Waals surface area contributed by atoms with Crippen LogP contribution >= 0.6 is 0 Å². The number of rotatable bonds is 5. The highest BCUT2D eigenvalue weighted by atomic mass is 16.5. The molecule has 0 aromatic rings. The lowest BCUT2D eigenvalue weighted by Crippen LogP contribution is -2.54. The largest absolute Gasteiger partial charge is 0.463 e. The van der Waals surface area contributed by atoms with E-state index in [1.54, 1.807) is 5.57 Å². The van der Waals surface area contributed by atoms with Gasteiger partial charge < -0.3 is 9.84 Å². The molecule has 0 bridgehead atoms. The van der Waals surface area contributed by atoms with E-state index < -0.39 is 6.10 Å². The Morgan fingerprint density at radius 3 is 2.36 bits per heavy atom. The standard InChI is InChI=1S/C30H48O3/c1-18(2)19(3)8-9-20(4)24-10-11-25-23-17-28(32)27-16-22(33-21(5)31)12-14-30(27,7)26(23)13-15-29(24,25)6/h8-9,17-20,22,24-28,32H,10-16H2,1-7H3/b9-8+/t19-,20?,22-,24+,25?,26?,27?,28-,29+,30+/m0/s1. The van der Waals surface area contributed by atoms with Crippen LogP contribution in [0.15, 0.2) is 23.8 Å². The van der Waals surface area contributed by atoms with E-state index in [0.717, 1.165) is 25.2 Å². The second-order valence-electron chi connectivity index (χ2n) is 13.0. The van der Waals surface area contributed by atoms with Gasteiger partial charge >= 0.3 is 5.97 Å². The lowest BCUT2D eigenvalue weighted by Gasteiger charge is -2.58. The SMILES string of the molecule is CC(=O)O[C@H]1CC[C@]2(C)C3CC[C@@]4(C)C(CC[C@@H]4C(C)/C=C/[C@H](C)C(C)C)C3=C[C@H](O)C2C1. The molecule has 3 nitrogen and oxygen atoms in total. The van der Waals surface area contributed by atoms with Crippen LogP contribution in [0.3, 0.4) is 0 Å². The molecule has 4 rings (SSSR count). The molecule has 0 aromatic heterocycles. The number of aliphatic hydroxyl groups is 1. The molecule has 4 unspecified atom stereocenters. The Balaban J connectivity index is 1.55. The van der Waals surface area contributed by atoms with Crippen molar-refractivity contribution in [1.29, 1.82) is 0 Å². The van der Waals surface area contributed by atoms with Crippen molar-refractivity contribution in [3.05, 3.63) is 23.8 Å². The van der Waals surface area contributed by atoms with Crippen molar-refractivity contribution in [2.75, 3.05) is 0 Å². The first-order valence-electron chi connectivity index (χ1n) is 13.7. The first kappa shape index (κ1) is 25.0. The fourth-order valence-corrected chi connectivity index (χ4v) is 8.49. The van der Waals surface area contributed by atoms with Gasteiger partial charge in [0.25, 0.3) is 0 Å². The quantitative estimate of drug-likeness (QED) is 0.359. The third-order valence-corrected chi connectivity index (χ3v) is 10.9. The van der Waals surface area contributed by atoms with Gasteiger partial charge in [-0.15, -0.1) is 0 Å². The van der Waals surface area contributed by atoms with E-state index in [4.69, 9.17) is 4.74 Å². The Labute approximate surface area is 202 Å². The van der Waals surface area contributed by atoms with Gasteiger partial charge in [-0.25, -0.2) is 0 Å². The first-order valence-corrected chi connectivity index (χ1v) is 13.7. The average molecular weight is 457 g/mol. The molecule has 0 spiro atoms. The topological polar surface area (TPSA) is 46.5 Å². The molecule has 4 aliphatic rings. The second kappa shape index (κ2) is 9.17. The summed E-state index contributed by atoms with van der Waals surface area (Å²) in [5, 5.41) is 11.3. The Morgan fingerprint density at radius 1 is 1.03 bits per heavy atom. The molecule has 0 radical (unpaired) electrons. The predicted octanol–water partition coefficient (Wildman–Crippen LogP) is 6.95. The lowest BCUT2D eigenvalue weighted by atomic mass is 9.47. The second-order valence-corrected chi connectivity index (χ2v) is 13.0. The molecule has 0 saturated heterocycles. The molecule has 4 aliphatic carbocycles. The van der Waals surface area contributed by atoms with Crippen LogP contribution in [0, 0.1) is 52.3 Å². The molecule has 3 saturated carbocycles. The molecule has 0 amide bonds. The molecule has 0 aromatic carbocycles. The van der Waals surface area contributed by atoms with Gasteiger partial charge in [0, 0.05) is 6.92 Å². The molecule has 33 heavy (non-hydrogen) atoms. The number of allylic oxidation sites excluding steroid dienone is 3. The summed E-state index contributed by atoms with van der Waals surface area (Å²) in [6.07, 6.45) is 14.7. The molecule has 0 heterocycles. The number of esters is 1. The van der Waals surface area contributed by atoms with E-state index in [2.05, 4.69) is 59.8 Å². The van der Waals surface area contributed by atoms with E-state index in [0.29, 0.717) is 35.0 Å². The van der Waals surface area contributed by atoms with Crippen LogP contribution in [-0.2, 0) is 9.53 Å². The highest BCUT2D eigenvalue weighted by Crippen LogP contribution is 2.66. The van der Waals surface area contributed by atoms with Gasteiger partial charge in [-0.3, -0.25) is 4.79 Å². The first-order chi connectivity index (χ1) is 15.5. The van der Waals surface area contributed by atoms with E-state index in [-0.39, 0.29) is 23.4 Å². The van der Waals surface area contributed by atoms with Gasteiger partial charge in [0.15, 0.2) is 0 Å². The zero-order valence-corrected chi connectivity index (χ0v) is 22.1. The fourth-order valence-electron chi connectivity index (χ4n) is 8.49. The van der Waals surface area contributed by atoms with Gasteiger partial charge in [-0.1, -0.05) is 65.3 Å². The summed E-state index contributed by atoms with van der Waals surface area (Å²) >= 11 is 0. The Bertz CT molecular complexity index is 796. The Kier molecular flexibility index (Phi) is 6.95. The zero-order chi connectivity index (χ0) is 24.1. The molecule has 10 atom stereocenters. The molecule has 3 heteroatoms. The van der Waals surface area contributed by atoms with Crippen LogP contribution in [0.1, 0.15) is 93.4 Å². The summed E-state index contributed by atoms with van der Waals surface area (Å²) in [6, 6.07) is 0. The predicted molar refractivity (Wildman–Crippen MR) is 134 cm³/mol. The van der Waals surface area contributed by atoms with Gasteiger partial charge in [0.2, 0.25) is 0 Å². The fraction of sp³-hybridized carbons (Fsp3) is 0.833. The minimum Gasteiger partial charge on any atom is -0.463 e. The summed E-state index contributed by atoms with van der Waals surface area (Å²) in [5.41, 5.74) is 2.04. The van der Waals surface area contributed by atoms with Crippen LogP contribution < -0.4 is 0 Å². The molecule has 186 valence electrons. The van der Waals surface area contributed by atoms with Crippen LogP contribution in [0.25, 0.3) is 0 Å². The van der Waals surface area contributed by atoms with E-state index in [1.807, 2.05) is 0 Å². The maximum atomic E-state index is 11.5. The van der Waals surface area contributed by atoms with Gasteiger partial charge in [-0.05, 0) is 97.2 Å². The maximum Gasteiger partial charge on any atom is 0.302 e. The third kappa shape index (κ3) is 4.37. The van der Waals surface area contributed by atoms with Gasteiger partial charge in [-0.2, -0.15) is 0 Å². The minimum absolute atomic E-state index is 0.0317. The number of hydrogen-bond acceptors (Lipinski definition) is 3. The highest BCUT2D eigenvalue weighted by Gasteiger charge is 2.59. The molecule has 0 aliphatic heterocycles. The van der Waals surface area contributed by atoms with Crippen LogP contribution in [0.5, 0.6) is 0 Å². The smallest absolute Gasteiger partial charge is 0.302 e. The summed E-state index contributed by atoms with van der Waals surface area (Å²) in [5.74, 6) is 3.84. The number of carbonyl (C=O) groups excluding carboxylic acids is 1. The summed E-state index contributed by atoms with van der Waals surface area (Å²) in [6.45, 7) is 15.9. The van der Waals surface area contributed by atoms with E-state index >= 15 is 0 Å². The average Bonchev–Trinajstić information content (AvgIpc) is 3.10. The maximum absolute atomic E-state index is 11.5. The number of ether oxygens (including phenoxy) is 1. The third-order valence-electron chi connectivity index (χ3n) is 10.9. The number of carbonyl (C=O) groups is 1. The van der Waals surface area contributed by atoms with Crippen LogP contribution in [0.2, 0.25) is 0 Å². The number of aliphatic hydroxyl groups excluding tert-OH is 1. The molecule has 3 fully saturated rings. The monoisotopic (exact) mass is 456 g/mol. The van der Waals surface area contributed by atoms with E-state index in [9.17, 15) is 9.90 Å².